The van der Waals surface area contributed by atoms with E-state index in [4.69, 9.17) is 4.74 Å². The molecule has 0 spiro atoms. The van der Waals surface area contributed by atoms with Crippen LogP contribution in [0.1, 0.15) is 22.3 Å². The summed E-state index contributed by atoms with van der Waals surface area (Å²) in [5.41, 5.74) is 1.46. The highest BCUT2D eigenvalue weighted by Crippen LogP contribution is 2.20. The quantitative estimate of drug-likeness (QED) is 0.419. The van der Waals surface area contributed by atoms with Crippen LogP contribution in [0.5, 0.6) is 5.75 Å². The summed E-state index contributed by atoms with van der Waals surface area (Å²) in [4.78, 5) is 28.3. The number of methoxy groups -OCH3 is 1. The molecule has 0 unspecified atom stereocenters. The molecule has 1 aromatic heterocycles. The fraction of sp³-hybridized carbons (Fsp3) is 0.174. The van der Waals surface area contributed by atoms with Crippen LogP contribution in [0, 0.1) is 0 Å². The van der Waals surface area contributed by atoms with Crippen molar-refractivity contribution < 1.29 is 22.7 Å². The number of aromatic nitrogens is 1. The average molecular weight is 469 g/mol. The predicted octanol–water partition coefficient (Wildman–Crippen LogP) is 2.33. The molecule has 0 bridgehead atoms. The molecule has 33 heavy (non-hydrogen) atoms. The largest absolute Gasteiger partial charge is 0.497 e. The van der Waals surface area contributed by atoms with Gasteiger partial charge in [0.05, 0.1) is 12.0 Å². The molecule has 0 saturated carbocycles. The van der Waals surface area contributed by atoms with Gasteiger partial charge in [0, 0.05) is 43.2 Å². The van der Waals surface area contributed by atoms with Crippen molar-refractivity contribution in [1.82, 2.24) is 15.6 Å². The second-order valence-corrected chi connectivity index (χ2v) is 8.68. The van der Waals surface area contributed by atoms with Gasteiger partial charge in [-0.1, -0.05) is 6.07 Å². The predicted molar refractivity (Wildman–Crippen MR) is 123 cm³/mol. The molecule has 2 amide bonds. The molecular formula is C23H24N4O5S. The summed E-state index contributed by atoms with van der Waals surface area (Å²) in [5.74, 6) is -0.0896. The van der Waals surface area contributed by atoms with E-state index in [-0.39, 0.29) is 29.3 Å². The molecule has 3 N–H and O–H groups in total. The summed E-state index contributed by atoms with van der Waals surface area (Å²) in [7, 11) is -2.38. The standard InChI is InChI=1S/C23H24N4O5S/c1-32-20-7-5-19(6-8-20)27-33(30,31)21-4-2-3-18(15-21)23(29)25-14-11-22(28)26-16-17-9-12-24-13-10-17/h2-10,12-13,15,27H,11,14,16H2,1H3,(H,25,29)(H,26,28). The Kier molecular flexibility index (Phi) is 7.98. The molecule has 2 aromatic carbocycles. The molecule has 0 aliphatic carbocycles. The van der Waals surface area contributed by atoms with Gasteiger partial charge in [-0.2, -0.15) is 0 Å². The van der Waals surface area contributed by atoms with E-state index in [9.17, 15) is 18.0 Å². The maximum Gasteiger partial charge on any atom is 0.261 e. The fourth-order valence-corrected chi connectivity index (χ4v) is 3.96. The second-order valence-electron chi connectivity index (χ2n) is 7.00. The number of hydrogen-bond donors (Lipinski definition) is 3. The van der Waals surface area contributed by atoms with E-state index in [1.54, 1.807) is 48.8 Å². The lowest BCUT2D eigenvalue weighted by molar-refractivity contribution is -0.121. The summed E-state index contributed by atoms with van der Waals surface area (Å²) in [6, 6.07) is 15.7. The third-order valence-electron chi connectivity index (χ3n) is 4.63. The molecule has 172 valence electrons. The van der Waals surface area contributed by atoms with Crippen molar-refractivity contribution in [1.29, 1.82) is 0 Å². The molecule has 0 saturated heterocycles. The van der Waals surface area contributed by atoms with Crippen LogP contribution in [0.25, 0.3) is 0 Å². The zero-order valence-electron chi connectivity index (χ0n) is 17.9. The van der Waals surface area contributed by atoms with Crippen molar-refractivity contribution in [2.45, 2.75) is 17.9 Å². The first-order chi connectivity index (χ1) is 15.9. The lowest BCUT2D eigenvalue weighted by atomic mass is 10.2. The number of hydrogen-bond acceptors (Lipinski definition) is 6. The van der Waals surface area contributed by atoms with Crippen LogP contribution in [0.3, 0.4) is 0 Å². The van der Waals surface area contributed by atoms with Crippen molar-refractivity contribution in [3.63, 3.8) is 0 Å². The minimum absolute atomic E-state index is 0.0546. The number of amides is 2. The van der Waals surface area contributed by atoms with E-state index in [0.717, 1.165) is 5.56 Å². The van der Waals surface area contributed by atoms with Crippen LogP contribution in [0.15, 0.2) is 78.0 Å². The summed E-state index contributed by atoms with van der Waals surface area (Å²) < 4.78 is 32.9. The van der Waals surface area contributed by atoms with Gasteiger partial charge in [-0.15, -0.1) is 0 Å². The summed E-state index contributed by atoms with van der Waals surface area (Å²) in [5, 5.41) is 5.39. The van der Waals surface area contributed by atoms with Crippen molar-refractivity contribution >= 4 is 27.5 Å². The van der Waals surface area contributed by atoms with Gasteiger partial charge in [-0.3, -0.25) is 19.3 Å². The third kappa shape index (κ3) is 7.04. The smallest absolute Gasteiger partial charge is 0.261 e. The Morgan fingerprint density at radius 3 is 2.39 bits per heavy atom. The number of benzene rings is 2. The fourth-order valence-electron chi connectivity index (χ4n) is 2.86. The van der Waals surface area contributed by atoms with Crippen LogP contribution in [-0.4, -0.2) is 38.9 Å². The number of ether oxygens (including phenoxy) is 1. The summed E-state index contributed by atoms with van der Waals surface area (Å²) >= 11 is 0. The highest BCUT2D eigenvalue weighted by Gasteiger charge is 2.17. The summed E-state index contributed by atoms with van der Waals surface area (Å²) in [6.07, 6.45) is 3.37. The number of rotatable bonds is 10. The molecule has 9 nitrogen and oxygen atoms in total. The van der Waals surface area contributed by atoms with Gasteiger partial charge in [0.2, 0.25) is 5.91 Å². The molecule has 1 heterocycles. The van der Waals surface area contributed by atoms with E-state index in [0.29, 0.717) is 18.0 Å². The Morgan fingerprint density at radius 1 is 0.970 bits per heavy atom. The first-order valence-electron chi connectivity index (χ1n) is 10.1. The van der Waals surface area contributed by atoms with Crippen molar-refractivity contribution in [2.75, 3.05) is 18.4 Å². The Labute approximate surface area is 192 Å². The molecule has 3 rings (SSSR count). The zero-order chi connectivity index (χ0) is 23.7. The Balaban J connectivity index is 1.53. The maximum atomic E-state index is 12.7. The zero-order valence-corrected chi connectivity index (χ0v) is 18.8. The van der Waals surface area contributed by atoms with Gasteiger partial charge < -0.3 is 15.4 Å². The van der Waals surface area contributed by atoms with Crippen LogP contribution < -0.4 is 20.1 Å². The third-order valence-corrected chi connectivity index (χ3v) is 6.00. The van der Waals surface area contributed by atoms with Gasteiger partial charge in [-0.05, 0) is 60.2 Å². The average Bonchev–Trinajstić information content (AvgIpc) is 2.83. The van der Waals surface area contributed by atoms with Gasteiger partial charge in [0.15, 0.2) is 0 Å². The van der Waals surface area contributed by atoms with Gasteiger partial charge in [-0.25, -0.2) is 8.42 Å². The van der Waals surface area contributed by atoms with Crippen LogP contribution in [-0.2, 0) is 21.4 Å². The monoisotopic (exact) mass is 468 g/mol. The minimum atomic E-state index is -3.90. The SMILES string of the molecule is COc1ccc(NS(=O)(=O)c2cccc(C(=O)NCCC(=O)NCc3ccncc3)c2)cc1. The highest BCUT2D eigenvalue weighted by molar-refractivity contribution is 7.92. The Bertz CT molecular complexity index is 1200. The van der Waals surface area contributed by atoms with E-state index < -0.39 is 15.9 Å². The first-order valence-corrected chi connectivity index (χ1v) is 11.6. The van der Waals surface area contributed by atoms with Gasteiger partial charge in [0.25, 0.3) is 15.9 Å². The number of carbonyl (C=O) groups is 2. The lowest BCUT2D eigenvalue weighted by Crippen LogP contribution is -2.30. The normalized spacial score (nSPS) is 10.8. The molecule has 3 aromatic rings. The maximum absolute atomic E-state index is 12.7. The molecule has 0 atom stereocenters. The highest BCUT2D eigenvalue weighted by atomic mass is 32.2. The molecule has 0 aliphatic rings. The van der Waals surface area contributed by atoms with Crippen molar-refractivity contribution in [3.8, 4) is 5.75 Å². The number of pyridine rings is 1. The lowest BCUT2D eigenvalue weighted by Gasteiger charge is -2.10. The topological polar surface area (TPSA) is 126 Å². The number of nitrogens with zero attached hydrogens (tertiary/aromatic N) is 1. The van der Waals surface area contributed by atoms with Crippen LogP contribution in [0.2, 0.25) is 0 Å². The van der Waals surface area contributed by atoms with E-state index in [2.05, 4.69) is 20.3 Å². The molecule has 0 aliphatic heterocycles. The van der Waals surface area contributed by atoms with Gasteiger partial charge in [0.1, 0.15) is 5.75 Å². The number of anilines is 1. The van der Waals surface area contributed by atoms with E-state index in [1.165, 1.54) is 31.4 Å². The summed E-state index contributed by atoms with van der Waals surface area (Å²) in [6.45, 7) is 0.485. The first kappa shape index (κ1) is 23.7. The Morgan fingerprint density at radius 2 is 1.70 bits per heavy atom. The van der Waals surface area contributed by atoms with Crippen LogP contribution >= 0.6 is 0 Å². The van der Waals surface area contributed by atoms with Crippen molar-refractivity contribution in [2.24, 2.45) is 0 Å². The molecule has 10 heteroatoms. The number of sulfonamides is 1. The number of nitrogens with one attached hydrogen (secondary N) is 3. The van der Waals surface area contributed by atoms with Crippen LogP contribution in [0.4, 0.5) is 5.69 Å². The number of carbonyl (C=O) groups excluding carboxylic acids is 2. The van der Waals surface area contributed by atoms with Crippen molar-refractivity contribution in [3.05, 3.63) is 84.2 Å². The van der Waals surface area contributed by atoms with E-state index >= 15 is 0 Å². The second kappa shape index (κ2) is 11.1. The van der Waals surface area contributed by atoms with E-state index in [1.807, 2.05) is 0 Å². The molecule has 0 radical (unpaired) electrons. The molecule has 0 fully saturated rings. The molecular weight excluding hydrogens is 444 g/mol. The Hall–Kier alpha value is -3.92. The minimum Gasteiger partial charge on any atom is -0.497 e. The van der Waals surface area contributed by atoms with Gasteiger partial charge >= 0.3 is 0 Å².